The standard InChI is InChI=1S/C23H18N4OS/c1-29-18-10-8-16(9-11-18)14-25-27-23(28)20-13-22(17-5-4-12-24-15-17)26-21-7-3-2-6-19(20)21/h2-15H,1H3,(H,27,28). The maximum absolute atomic E-state index is 12.9. The number of hydrogen-bond acceptors (Lipinski definition) is 5. The smallest absolute Gasteiger partial charge is 0.267 e. The summed E-state index contributed by atoms with van der Waals surface area (Å²) in [6, 6.07) is 21.1. The van der Waals surface area contributed by atoms with Crippen LogP contribution in [0, 0.1) is 0 Å². The molecule has 4 aromatic rings. The summed E-state index contributed by atoms with van der Waals surface area (Å²) in [7, 11) is 0. The van der Waals surface area contributed by atoms with Crippen LogP contribution >= 0.6 is 11.8 Å². The minimum absolute atomic E-state index is 0.286. The van der Waals surface area contributed by atoms with Crippen LogP contribution in [0.2, 0.25) is 0 Å². The van der Waals surface area contributed by atoms with Crippen LogP contribution in [-0.4, -0.2) is 28.3 Å². The first-order valence-electron chi connectivity index (χ1n) is 9.02. The first-order valence-corrected chi connectivity index (χ1v) is 10.2. The van der Waals surface area contributed by atoms with E-state index >= 15 is 0 Å². The Labute approximate surface area is 172 Å². The third-order valence-electron chi connectivity index (χ3n) is 4.41. The van der Waals surface area contributed by atoms with Crippen LogP contribution in [0.4, 0.5) is 0 Å². The highest BCUT2D eigenvalue weighted by Gasteiger charge is 2.13. The maximum atomic E-state index is 12.9. The van der Waals surface area contributed by atoms with Crippen LogP contribution in [0.25, 0.3) is 22.2 Å². The van der Waals surface area contributed by atoms with Gasteiger partial charge in [0, 0.05) is 28.2 Å². The Kier molecular flexibility index (Phi) is 5.63. The lowest BCUT2D eigenvalue weighted by molar-refractivity contribution is 0.0956. The fourth-order valence-corrected chi connectivity index (χ4v) is 3.35. The lowest BCUT2D eigenvalue weighted by Crippen LogP contribution is -2.18. The summed E-state index contributed by atoms with van der Waals surface area (Å²) in [6.45, 7) is 0. The van der Waals surface area contributed by atoms with E-state index in [9.17, 15) is 4.79 Å². The van der Waals surface area contributed by atoms with Gasteiger partial charge in [-0.05, 0) is 48.2 Å². The third kappa shape index (κ3) is 4.33. The van der Waals surface area contributed by atoms with Gasteiger partial charge >= 0.3 is 0 Å². The second-order valence-electron chi connectivity index (χ2n) is 6.29. The fourth-order valence-electron chi connectivity index (χ4n) is 2.94. The van der Waals surface area contributed by atoms with Crippen LogP contribution < -0.4 is 5.43 Å². The van der Waals surface area contributed by atoms with E-state index in [1.165, 1.54) is 4.90 Å². The van der Waals surface area contributed by atoms with Crippen molar-refractivity contribution < 1.29 is 4.79 Å². The minimum Gasteiger partial charge on any atom is -0.267 e. The Hall–Kier alpha value is -3.51. The highest BCUT2D eigenvalue weighted by atomic mass is 32.2. The Morgan fingerprint density at radius 1 is 1.07 bits per heavy atom. The van der Waals surface area contributed by atoms with E-state index in [4.69, 9.17) is 0 Å². The van der Waals surface area contributed by atoms with Gasteiger partial charge in [-0.25, -0.2) is 10.4 Å². The topological polar surface area (TPSA) is 67.2 Å². The first kappa shape index (κ1) is 18.8. The zero-order valence-electron chi connectivity index (χ0n) is 15.7. The number of fused-ring (bicyclic) bond motifs is 1. The number of carbonyl (C=O) groups excluding carboxylic acids is 1. The number of pyridine rings is 2. The quantitative estimate of drug-likeness (QED) is 0.298. The zero-order valence-corrected chi connectivity index (χ0v) is 16.6. The lowest BCUT2D eigenvalue weighted by Gasteiger charge is -2.08. The Morgan fingerprint density at radius 3 is 2.66 bits per heavy atom. The summed E-state index contributed by atoms with van der Waals surface area (Å²) < 4.78 is 0. The molecule has 6 heteroatoms. The van der Waals surface area contributed by atoms with Crippen molar-refractivity contribution >= 4 is 34.8 Å². The van der Waals surface area contributed by atoms with Crippen LogP contribution in [0.1, 0.15) is 15.9 Å². The second kappa shape index (κ2) is 8.67. The number of nitrogens with one attached hydrogen (secondary N) is 1. The fraction of sp³-hybridized carbons (Fsp3) is 0.0435. The van der Waals surface area contributed by atoms with Crippen molar-refractivity contribution in [3.63, 3.8) is 0 Å². The number of aromatic nitrogens is 2. The average molecular weight is 398 g/mol. The van der Waals surface area contributed by atoms with E-state index in [2.05, 4.69) is 20.5 Å². The highest BCUT2D eigenvalue weighted by Crippen LogP contribution is 2.24. The molecule has 0 aliphatic heterocycles. The SMILES string of the molecule is CSc1ccc(C=NNC(=O)c2cc(-c3cccnc3)nc3ccccc23)cc1. The molecule has 0 atom stereocenters. The van der Waals surface area contributed by atoms with Crippen LogP contribution in [-0.2, 0) is 0 Å². The first-order chi connectivity index (χ1) is 14.2. The monoisotopic (exact) mass is 398 g/mol. The molecule has 0 bridgehead atoms. The number of thioether (sulfide) groups is 1. The van der Waals surface area contributed by atoms with E-state index in [1.54, 1.807) is 36.4 Å². The number of carbonyl (C=O) groups is 1. The van der Waals surface area contributed by atoms with Crippen LogP contribution in [0.15, 0.2) is 89.1 Å². The number of benzene rings is 2. The number of rotatable bonds is 5. The molecule has 2 heterocycles. The number of nitrogens with zero attached hydrogens (tertiary/aromatic N) is 3. The zero-order chi connectivity index (χ0) is 20.1. The number of hydrazone groups is 1. The summed E-state index contributed by atoms with van der Waals surface area (Å²) in [5.74, 6) is -0.286. The molecule has 0 aliphatic rings. The van der Waals surface area contributed by atoms with E-state index in [0.717, 1.165) is 22.0 Å². The molecule has 1 amide bonds. The van der Waals surface area contributed by atoms with Gasteiger partial charge in [-0.15, -0.1) is 11.8 Å². The molecule has 2 aromatic carbocycles. The third-order valence-corrected chi connectivity index (χ3v) is 5.16. The van der Waals surface area contributed by atoms with Crippen molar-refractivity contribution in [2.45, 2.75) is 4.90 Å². The largest absolute Gasteiger partial charge is 0.272 e. The van der Waals surface area contributed by atoms with Crippen LogP contribution in [0.3, 0.4) is 0 Å². The normalized spacial score (nSPS) is 11.1. The Morgan fingerprint density at radius 2 is 1.90 bits per heavy atom. The predicted molar refractivity (Wildman–Crippen MR) is 118 cm³/mol. The summed E-state index contributed by atoms with van der Waals surface area (Å²) >= 11 is 1.68. The summed E-state index contributed by atoms with van der Waals surface area (Å²) in [4.78, 5) is 22.9. The summed E-state index contributed by atoms with van der Waals surface area (Å²) in [6.07, 6.45) is 7.10. The van der Waals surface area contributed by atoms with Crippen molar-refractivity contribution in [2.75, 3.05) is 6.26 Å². The van der Waals surface area contributed by atoms with Crippen molar-refractivity contribution in [1.82, 2.24) is 15.4 Å². The molecule has 0 fully saturated rings. The molecular weight excluding hydrogens is 380 g/mol. The van der Waals surface area contributed by atoms with Gasteiger partial charge in [-0.1, -0.05) is 30.3 Å². The van der Waals surface area contributed by atoms with Crippen LogP contribution in [0.5, 0.6) is 0 Å². The molecule has 4 rings (SSSR count). The second-order valence-corrected chi connectivity index (χ2v) is 7.17. The minimum atomic E-state index is -0.286. The van der Waals surface area contributed by atoms with Gasteiger partial charge in [-0.3, -0.25) is 9.78 Å². The van der Waals surface area contributed by atoms with Gasteiger partial charge in [0.2, 0.25) is 0 Å². The molecule has 0 unspecified atom stereocenters. The van der Waals surface area contributed by atoms with Gasteiger partial charge in [0.25, 0.3) is 5.91 Å². The molecular formula is C23H18N4OS. The van der Waals surface area contributed by atoms with Crippen molar-refractivity contribution in [1.29, 1.82) is 0 Å². The molecule has 0 aliphatic carbocycles. The molecule has 29 heavy (non-hydrogen) atoms. The molecule has 0 spiro atoms. The summed E-state index contributed by atoms with van der Waals surface area (Å²) in [5.41, 5.74) is 6.35. The molecule has 0 saturated heterocycles. The van der Waals surface area contributed by atoms with Gasteiger partial charge in [-0.2, -0.15) is 5.10 Å². The molecule has 1 N–H and O–H groups in total. The molecule has 2 aromatic heterocycles. The van der Waals surface area contributed by atoms with Gasteiger partial charge in [0.05, 0.1) is 23.0 Å². The molecule has 0 saturated carbocycles. The average Bonchev–Trinajstić information content (AvgIpc) is 2.79. The molecule has 0 radical (unpaired) electrons. The van der Waals surface area contributed by atoms with Gasteiger partial charge in [0.15, 0.2) is 0 Å². The van der Waals surface area contributed by atoms with E-state index in [1.807, 2.05) is 66.9 Å². The maximum Gasteiger partial charge on any atom is 0.272 e. The van der Waals surface area contributed by atoms with Crippen molar-refractivity contribution in [3.8, 4) is 11.3 Å². The number of amides is 1. The van der Waals surface area contributed by atoms with E-state index in [-0.39, 0.29) is 5.91 Å². The molecule has 142 valence electrons. The van der Waals surface area contributed by atoms with E-state index < -0.39 is 0 Å². The Balaban J connectivity index is 1.63. The number of hydrogen-bond donors (Lipinski definition) is 1. The highest BCUT2D eigenvalue weighted by molar-refractivity contribution is 7.98. The summed E-state index contributed by atoms with van der Waals surface area (Å²) in [5, 5.41) is 4.89. The lowest BCUT2D eigenvalue weighted by atomic mass is 10.0. The van der Waals surface area contributed by atoms with Crippen molar-refractivity contribution in [3.05, 3.63) is 90.3 Å². The Bertz CT molecular complexity index is 1170. The molecule has 5 nitrogen and oxygen atoms in total. The number of para-hydroxylation sites is 1. The van der Waals surface area contributed by atoms with Gasteiger partial charge < -0.3 is 0 Å². The van der Waals surface area contributed by atoms with Crippen molar-refractivity contribution in [2.24, 2.45) is 5.10 Å². The predicted octanol–water partition coefficient (Wildman–Crippen LogP) is 4.78. The van der Waals surface area contributed by atoms with E-state index in [0.29, 0.717) is 11.3 Å². The van der Waals surface area contributed by atoms with Gasteiger partial charge in [0.1, 0.15) is 0 Å².